The molecule has 2 heteroatoms. The van der Waals surface area contributed by atoms with E-state index in [1.807, 2.05) is 6.92 Å². The standard InChI is InChI=1S/C6H11NO/c1-2-5-7(8)6-3-4-6/h2-5H2,1H3. The van der Waals surface area contributed by atoms with Crippen molar-refractivity contribution >= 4 is 5.71 Å². The zero-order valence-electron chi connectivity index (χ0n) is 5.18. The maximum absolute atomic E-state index is 10.7. The zero-order valence-corrected chi connectivity index (χ0v) is 5.18. The van der Waals surface area contributed by atoms with Gasteiger partial charge >= 0.3 is 0 Å². The minimum Gasteiger partial charge on any atom is -0.624 e. The first kappa shape index (κ1) is 5.60. The minimum absolute atomic E-state index is 0.690. The topological polar surface area (TPSA) is 26.1 Å². The van der Waals surface area contributed by atoms with Crippen LogP contribution in [0.3, 0.4) is 0 Å². The van der Waals surface area contributed by atoms with Crippen molar-refractivity contribution in [1.29, 1.82) is 0 Å². The van der Waals surface area contributed by atoms with Crippen molar-refractivity contribution in [2.75, 3.05) is 6.54 Å². The summed E-state index contributed by atoms with van der Waals surface area (Å²) in [5.74, 6) is 0. The molecule has 0 atom stereocenters. The molecule has 1 aliphatic rings. The van der Waals surface area contributed by atoms with E-state index < -0.39 is 0 Å². The Morgan fingerprint density at radius 1 is 1.62 bits per heavy atom. The Kier molecular flexibility index (Phi) is 1.51. The third-order valence-electron chi connectivity index (χ3n) is 1.25. The Labute approximate surface area is 49.4 Å². The van der Waals surface area contributed by atoms with Gasteiger partial charge in [0, 0.05) is 19.3 Å². The van der Waals surface area contributed by atoms with Gasteiger partial charge in [-0.25, -0.2) is 4.74 Å². The number of nitrogens with zero attached hydrogens (tertiary/aromatic N) is 1. The van der Waals surface area contributed by atoms with Crippen molar-refractivity contribution < 1.29 is 4.74 Å². The van der Waals surface area contributed by atoms with Gasteiger partial charge in [-0.2, -0.15) is 0 Å². The molecule has 0 radical (unpaired) electrons. The minimum atomic E-state index is 0.690. The summed E-state index contributed by atoms with van der Waals surface area (Å²) in [7, 11) is 0. The van der Waals surface area contributed by atoms with E-state index in [0.717, 1.165) is 29.7 Å². The fourth-order valence-corrected chi connectivity index (χ4v) is 0.667. The molecular weight excluding hydrogens is 102 g/mol. The van der Waals surface area contributed by atoms with Gasteiger partial charge in [0.2, 0.25) is 0 Å². The molecule has 1 fully saturated rings. The van der Waals surface area contributed by atoms with Crippen LogP contribution in [0, 0.1) is 5.21 Å². The first-order valence-electron chi connectivity index (χ1n) is 3.14. The highest BCUT2D eigenvalue weighted by atomic mass is 16.5. The summed E-state index contributed by atoms with van der Waals surface area (Å²) < 4.78 is 1.12. The largest absolute Gasteiger partial charge is 0.624 e. The lowest BCUT2D eigenvalue weighted by molar-refractivity contribution is -0.455. The third-order valence-corrected chi connectivity index (χ3v) is 1.25. The Bertz CT molecular complexity index is 112. The van der Waals surface area contributed by atoms with Gasteiger partial charge in [0.25, 0.3) is 0 Å². The molecule has 46 valence electrons. The quantitative estimate of drug-likeness (QED) is 0.299. The second-order valence-electron chi connectivity index (χ2n) is 2.17. The van der Waals surface area contributed by atoms with Crippen molar-refractivity contribution in [3.8, 4) is 0 Å². The third kappa shape index (κ3) is 1.22. The highest BCUT2D eigenvalue weighted by molar-refractivity contribution is 5.93. The highest BCUT2D eigenvalue weighted by Gasteiger charge is 2.22. The van der Waals surface area contributed by atoms with Crippen LogP contribution in [0.1, 0.15) is 26.2 Å². The predicted octanol–water partition coefficient (Wildman–Crippen LogP) is 1.14. The molecule has 0 unspecified atom stereocenters. The average Bonchev–Trinajstić information content (AvgIpc) is 2.45. The smallest absolute Gasteiger partial charge is 0.164 e. The Balaban J connectivity index is 2.33. The second-order valence-corrected chi connectivity index (χ2v) is 2.17. The van der Waals surface area contributed by atoms with Gasteiger partial charge in [-0.1, -0.05) is 6.92 Å². The van der Waals surface area contributed by atoms with E-state index in [0.29, 0.717) is 6.54 Å². The van der Waals surface area contributed by atoms with E-state index in [4.69, 9.17) is 0 Å². The lowest BCUT2D eigenvalue weighted by atomic mass is 10.5. The summed E-state index contributed by atoms with van der Waals surface area (Å²) in [4.78, 5) is 0. The first-order valence-corrected chi connectivity index (χ1v) is 3.14. The molecule has 0 N–H and O–H groups in total. The van der Waals surface area contributed by atoms with Gasteiger partial charge in [0.05, 0.1) is 0 Å². The lowest BCUT2D eigenvalue weighted by Crippen LogP contribution is -2.05. The lowest BCUT2D eigenvalue weighted by Gasteiger charge is -1.98. The van der Waals surface area contributed by atoms with Crippen LogP contribution >= 0.6 is 0 Å². The van der Waals surface area contributed by atoms with Crippen LogP contribution < -0.4 is 0 Å². The summed E-state index contributed by atoms with van der Waals surface area (Å²) in [6, 6.07) is 0. The van der Waals surface area contributed by atoms with Gasteiger partial charge in [-0.3, -0.25) is 0 Å². The SMILES string of the molecule is CCC[N+]([O-])=C1CC1. The predicted molar refractivity (Wildman–Crippen MR) is 33.0 cm³/mol. The highest BCUT2D eigenvalue weighted by Crippen LogP contribution is 2.13. The molecule has 2 nitrogen and oxygen atoms in total. The fraction of sp³-hybridized carbons (Fsp3) is 0.833. The molecule has 8 heavy (non-hydrogen) atoms. The van der Waals surface area contributed by atoms with Gasteiger partial charge < -0.3 is 5.21 Å². The summed E-state index contributed by atoms with van der Waals surface area (Å²) in [5.41, 5.74) is 1.09. The maximum Gasteiger partial charge on any atom is 0.164 e. The summed E-state index contributed by atoms with van der Waals surface area (Å²) in [6.45, 7) is 2.71. The molecule has 1 saturated carbocycles. The molecule has 0 aliphatic heterocycles. The number of hydrogen-bond donors (Lipinski definition) is 0. The summed E-state index contributed by atoms with van der Waals surface area (Å²) in [6.07, 6.45) is 3.06. The van der Waals surface area contributed by atoms with E-state index >= 15 is 0 Å². The Hall–Kier alpha value is -0.530. The summed E-state index contributed by atoms with van der Waals surface area (Å²) in [5, 5.41) is 10.7. The monoisotopic (exact) mass is 113 g/mol. The molecule has 0 bridgehead atoms. The molecule has 0 aromatic heterocycles. The normalized spacial score (nSPS) is 16.4. The van der Waals surface area contributed by atoms with Crippen LogP contribution in [0.4, 0.5) is 0 Å². The van der Waals surface area contributed by atoms with Crippen molar-refractivity contribution in [3.05, 3.63) is 5.21 Å². The van der Waals surface area contributed by atoms with E-state index in [2.05, 4.69) is 0 Å². The van der Waals surface area contributed by atoms with Gasteiger partial charge in [0.15, 0.2) is 12.3 Å². The van der Waals surface area contributed by atoms with E-state index in [1.165, 1.54) is 0 Å². The maximum atomic E-state index is 10.7. The number of hydroxylamine groups is 1. The van der Waals surface area contributed by atoms with Crippen molar-refractivity contribution in [2.24, 2.45) is 0 Å². The van der Waals surface area contributed by atoms with Crippen LogP contribution in [0.2, 0.25) is 0 Å². The summed E-state index contributed by atoms with van der Waals surface area (Å²) >= 11 is 0. The first-order chi connectivity index (χ1) is 3.84. The van der Waals surface area contributed by atoms with Crippen LogP contribution in [0.25, 0.3) is 0 Å². The number of rotatable bonds is 2. The molecular formula is C6H11NO. The van der Waals surface area contributed by atoms with E-state index in [9.17, 15) is 5.21 Å². The molecule has 0 amide bonds. The molecule has 1 aliphatic carbocycles. The van der Waals surface area contributed by atoms with Crippen LogP contribution in [-0.4, -0.2) is 17.0 Å². The molecule has 0 aromatic rings. The van der Waals surface area contributed by atoms with Crippen LogP contribution in [-0.2, 0) is 0 Å². The molecule has 0 heterocycles. The van der Waals surface area contributed by atoms with E-state index in [1.54, 1.807) is 0 Å². The van der Waals surface area contributed by atoms with E-state index in [-0.39, 0.29) is 0 Å². The van der Waals surface area contributed by atoms with Crippen molar-refractivity contribution in [1.82, 2.24) is 0 Å². The Morgan fingerprint density at radius 2 is 2.25 bits per heavy atom. The molecule has 0 spiro atoms. The molecule has 0 aromatic carbocycles. The van der Waals surface area contributed by atoms with Gasteiger partial charge in [-0.05, 0) is 0 Å². The van der Waals surface area contributed by atoms with Crippen molar-refractivity contribution in [2.45, 2.75) is 26.2 Å². The van der Waals surface area contributed by atoms with Crippen LogP contribution in [0.15, 0.2) is 0 Å². The zero-order chi connectivity index (χ0) is 5.98. The van der Waals surface area contributed by atoms with Crippen molar-refractivity contribution in [3.63, 3.8) is 0 Å². The fourth-order valence-electron chi connectivity index (χ4n) is 0.667. The molecule has 0 saturated heterocycles. The average molecular weight is 113 g/mol. The second kappa shape index (κ2) is 2.16. The van der Waals surface area contributed by atoms with Gasteiger partial charge in [0.1, 0.15) is 0 Å². The Morgan fingerprint density at radius 3 is 2.62 bits per heavy atom. The number of hydrogen-bond acceptors (Lipinski definition) is 1. The molecule has 1 rings (SSSR count). The van der Waals surface area contributed by atoms with Crippen LogP contribution in [0.5, 0.6) is 0 Å². The van der Waals surface area contributed by atoms with Gasteiger partial charge in [-0.15, -0.1) is 0 Å².